The number of nitrogens with one attached hydrogen (secondary N) is 1. The van der Waals surface area contributed by atoms with Crippen molar-refractivity contribution >= 4 is 0 Å². The molecular weight excluding hydrogens is 206 g/mol. The minimum Gasteiger partial charge on any atom is -0.480 e. The Balaban J connectivity index is 2.10. The van der Waals surface area contributed by atoms with Crippen LogP contribution in [0.25, 0.3) is 0 Å². The lowest BCUT2D eigenvalue weighted by molar-refractivity contribution is 0.306. The maximum absolute atomic E-state index is 11.6. The van der Waals surface area contributed by atoms with Gasteiger partial charge >= 0.3 is 0 Å². The first kappa shape index (κ1) is 11.1. The lowest BCUT2D eigenvalue weighted by Gasteiger charge is -2.22. The van der Waals surface area contributed by atoms with Gasteiger partial charge in [0, 0.05) is 18.7 Å². The quantitative estimate of drug-likeness (QED) is 0.798. The van der Waals surface area contributed by atoms with Crippen molar-refractivity contribution in [3.8, 4) is 5.88 Å². The third-order valence-electron chi connectivity index (χ3n) is 2.88. The molecule has 5 nitrogen and oxygen atoms in total. The predicted molar refractivity (Wildman–Crippen MR) is 60.6 cm³/mol. The standard InChI is InChI=1S/C11H17N3O2/c1-16-10-4-5-11(15)14(13-10)8-9-3-2-6-12-7-9/h4-5,9,12H,2-3,6-8H2,1H3. The number of rotatable bonds is 3. The van der Waals surface area contributed by atoms with Crippen molar-refractivity contribution in [3.63, 3.8) is 0 Å². The molecule has 0 aliphatic carbocycles. The number of aromatic nitrogens is 2. The van der Waals surface area contributed by atoms with E-state index in [0.717, 1.165) is 19.5 Å². The van der Waals surface area contributed by atoms with Crippen molar-refractivity contribution < 1.29 is 4.74 Å². The second-order valence-corrected chi connectivity index (χ2v) is 4.11. The highest BCUT2D eigenvalue weighted by molar-refractivity contribution is 5.06. The third-order valence-corrected chi connectivity index (χ3v) is 2.88. The van der Waals surface area contributed by atoms with Crippen LogP contribution < -0.4 is 15.6 Å². The summed E-state index contributed by atoms with van der Waals surface area (Å²) < 4.78 is 6.51. The van der Waals surface area contributed by atoms with Crippen LogP contribution in [0.3, 0.4) is 0 Å². The number of hydrogen-bond donors (Lipinski definition) is 1. The first-order chi connectivity index (χ1) is 7.79. The lowest BCUT2D eigenvalue weighted by atomic mass is 10.00. The van der Waals surface area contributed by atoms with Crippen molar-refractivity contribution in [1.82, 2.24) is 15.1 Å². The van der Waals surface area contributed by atoms with Gasteiger partial charge in [-0.2, -0.15) is 0 Å². The van der Waals surface area contributed by atoms with E-state index in [1.807, 2.05) is 0 Å². The SMILES string of the molecule is COc1ccc(=O)n(CC2CCCNC2)n1. The summed E-state index contributed by atoms with van der Waals surface area (Å²) in [4.78, 5) is 11.6. The van der Waals surface area contributed by atoms with Crippen molar-refractivity contribution in [2.75, 3.05) is 20.2 Å². The van der Waals surface area contributed by atoms with E-state index in [4.69, 9.17) is 4.74 Å². The van der Waals surface area contributed by atoms with Gasteiger partial charge in [-0.1, -0.05) is 0 Å². The van der Waals surface area contributed by atoms with Gasteiger partial charge < -0.3 is 10.1 Å². The summed E-state index contributed by atoms with van der Waals surface area (Å²) in [6.45, 7) is 2.71. The summed E-state index contributed by atoms with van der Waals surface area (Å²) in [6.07, 6.45) is 2.32. The van der Waals surface area contributed by atoms with Crippen molar-refractivity contribution in [3.05, 3.63) is 22.5 Å². The van der Waals surface area contributed by atoms with Crippen LogP contribution in [0.1, 0.15) is 12.8 Å². The molecule has 0 aromatic carbocycles. The molecule has 1 aliphatic rings. The van der Waals surface area contributed by atoms with E-state index >= 15 is 0 Å². The van der Waals surface area contributed by atoms with E-state index in [0.29, 0.717) is 18.3 Å². The number of hydrogen-bond acceptors (Lipinski definition) is 4. The summed E-state index contributed by atoms with van der Waals surface area (Å²) >= 11 is 0. The van der Waals surface area contributed by atoms with Gasteiger partial charge in [0.05, 0.1) is 7.11 Å². The van der Waals surface area contributed by atoms with Crippen LogP contribution in [0.5, 0.6) is 5.88 Å². The van der Waals surface area contributed by atoms with Gasteiger partial charge in [0.1, 0.15) is 0 Å². The molecule has 1 fully saturated rings. The molecule has 0 spiro atoms. The Morgan fingerprint density at radius 2 is 2.50 bits per heavy atom. The molecule has 0 amide bonds. The Kier molecular flexibility index (Phi) is 3.56. The number of piperidine rings is 1. The molecule has 1 saturated heterocycles. The van der Waals surface area contributed by atoms with Crippen LogP contribution in [0, 0.1) is 5.92 Å². The lowest BCUT2D eigenvalue weighted by Crippen LogP contribution is -2.35. The van der Waals surface area contributed by atoms with Crippen LogP contribution in [-0.4, -0.2) is 30.0 Å². The molecular formula is C11H17N3O2. The van der Waals surface area contributed by atoms with Crippen molar-refractivity contribution in [2.24, 2.45) is 5.92 Å². The summed E-state index contributed by atoms with van der Waals surface area (Å²) in [5, 5.41) is 7.47. The molecule has 1 aromatic rings. The Bertz CT molecular complexity index is 396. The Morgan fingerprint density at radius 1 is 1.62 bits per heavy atom. The highest BCUT2D eigenvalue weighted by atomic mass is 16.5. The highest BCUT2D eigenvalue weighted by Gasteiger charge is 2.14. The van der Waals surface area contributed by atoms with Gasteiger partial charge in [0.2, 0.25) is 5.88 Å². The van der Waals surface area contributed by atoms with E-state index in [-0.39, 0.29) is 5.56 Å². The van der Waals surface area contributed by atoms with E-state index < -0.39 is 0 Å². The van der Waals surface area contributed by atoms with Crippen molar-refractivity contribution in [1.29, 1.82) is 0 Å². The maximum atomic E-state index is 11.6. The van der Waals surface area contributed by atoms with Gasteiger partial charge in [0.15, 0.2) is 0 Å². The monoisotopic (exact) mass is 223 g/mol. The minimum atomic E-state index is -0.0635. The van der Waals surface area contributed by atoms with Crippen LogP contribution in [0.15, 0.2) is 16.9 Å². The second-order valence-electron chi connectivity index (χ2n) is 4.11. The largest absolute Gasteiger partial charge is 0.480 e. The highest BCUT2D eigenvalue weighted by Crippen LogP contribution is 2.11. The summed E-state index contributed by atoms with van der Waals surface area (Å²) in [5.41, 5.74) is -0.0635. The zero-order valence-electron chi connectivity index (χ0n) is 9.48. The Labute approximate surface area is 94.4 Å². The molecule has 2 heterocycles. The van der Waals surface area contributed by atoms with E-state index in [1.54, 1.807) is 13.2 Å². The van der Waals surface area contributed by atoms with Crippen LogP contribution in [0.4, 0.5) is 0 Å². The van der Waals surface area contributed by atoms with Gasteiger partial charge in [-0.3, -0.25) is 4.79 Å². The zero-order valence-corrected chi connectivity index (χ0v) is 9.48. The first-order valence-corrected chi connectivity index (χ1v) is 5.62. The van der Waals surface area contributed by atoms with Crippen LogP contribution in [-0.2, 0) is 6.54 Å². The molecule has 1 aromatic heterocycles. The second kappa shape index (κ2) is 5.12. The predicted octanol–water partition coefficient (Wildman–Crippen LogP) is 0.251. The van der Waals surface area contributed by atoms with E-state index in [9.17, 15) is 4.79 Å². The molecule has 1 N–H and O–H groups in total. The molecule has 1 unspecified atom stereocenters. The average molecular weight is 223 g/mol. The number of ether oxygens (including phenoxy) is 1. The van der Waals surface area contributed by atoms with E-state index in [2.05, 4.69) is 10.4 Å². The fraction of sp³-hybridized carbons (Fsp3) is 0.636. The molecule has 88 valence electrons. The average Bonchev–Trinajstić information content (AvgIpc) is 2.33. The summed E-state index contributed by atoms with van der Waals surface area (Å²) in [5.74, 6) is 0.981. The van der Waals surface area contributed by atoms with Gasteiger partial charge in [-0.15, -0.1) is 5.10 Å². The Morgan fingerprint density at radius 3 is 3.19 bits per heavy atom. The fourth-order valence-electron chi connectivity index (χ4n) is 1.99. The summed E-state index contributed by atoms with van der Waals surface area (Å²) in [7, 11) is 1.55. The van der Waals surface area contributed by atoms with Crippen LogP contribution in [0.2, 0.25) is 0 Å². The molecule has 2 rings (SSSR count). The smallest absolute Gasteiger partial charge is 0.266 e. The molecule has 1 aliphatic heterocycles. The number of methoxy groups -OCH3 is 1. The topological polar surface area (TPSA) is 56.1 Å². The number of nitrogens with zero attached hydrogens (tertiary/aromatic N) is 2. The van der Waals surface area contributed by atoms with Crippen LogP contribution >= 0.6 is 0 Å². The zero-order chi connectivity index (χ0) is 11.4. The van der Waals surface area contributed by atoms with Gasteiger partial charge in [0.25, 0.3) is 5.56 Å². The normalized spacial score (nSPS) is 20.7. The third kappa shape index (κ3) is 2.61. The molecule has 0 bridgehead atoms. The maximum Gasteiger partial charge on any atom is 0.266 e. The molecule has 1 atom stereocenters. The molecule has 5 heteroatoms. The molecule has 0 radical (unpaired) electrons. The van der Waals surface area contributed by atoms with Gasteiger partial charge in [-0.25, -0.2) is 4.68 Å². The Hall–Kier alpha value is -1.36. The molecule has 0 saturated carbocycles. The fourth-order valence-corrected chi connectivity index (χ4v) is 1.99. The summed E-state index contributed by atoms with van der Waals surface area (Å²) in [6, 6.07) is 3.10. The first-order valence-electron chi connectivity index (χ1n) is 5.62. The van der Waals surface area contributed by atoms with Crippen molar-refractivity contribution in [2.45, 2.75) is 19.4 Å². The minimum absolute atomic E-state index is 0.0635. The van der Waals surface area contributed by atoms with Gasteiger partial charge in [-0.05, 0) is 31.8 Å². The molecule has 16 heavy (non-hydrogen) atoms. The van der Waals surface area contributed by atoms with E-state index in [1.165, 1.54) is 17.2 Å².